The topological polar surface area (TPSA) is 83.3 Å². The van der Waals surface area contributed by atoms with Crippen molar-refractivity contribution in [2.24, 2.45) is 0 Å². The summed E-state index contributed by atoms with van der Waals surface area (Å²) in [5.41, 5.74) is 1.59. The van der Waals surface area contributed by atoms with E-state index in [4.69, 9.17) is 9.47 Å². The van der Waals surface area contributed by atoms with Crippen LogP contribution in [-0.4, -0.2) is 33.9 Å². The third kappa shape index (κ3) is 5.96. The molecule has 0 amide bonds. The molecule has 0 radical (unpaired) electrons. The fraction of sp³-hybridized carbons (Fsp3) is 0.161. The van der Waals surface area contributed by atoms with Gasteiger partial charge in [0.25, 0.3) is 6.43 Å². The lowest BCUT2D eigenvalue weighted by molar-refractivity contribution is 0.0988. The van der Waals surface area contributed by atoms with Crippen LogP contribution in [0.25, 0.3) is 22.2 Å². The molecule has 0 saturated heterocycles. The Morgan fingerprint density at radius 3 is 2.41 bits per heavy atom. The summed E-state index contributed by atoms with van der Waals surface area (Å²) in [5.74, 6) is 0.491. The summed E-state index contributed by atoms with van der Waals surface area (Å²) in [7, 11) is 1.54. The van der Waals surface area contributed by atoms with Gasteiger partial charge in [0.15, 0.2) is 17.0 Å². The van der Waals surface area contributed by atoms with Gasteiger partial charge in [-0.15, -0.1) is 0 Å². The zero-order valence-corrected chi connectivity index (χ0v) is 22.1. The van der Waals surface area contributed by atoms with Crippen molar-refractivity contribution in [2.75, 3.05) is 7.11 Å². The van der Waals surface area contributed by atoms with E-state index in [1.807, 2.05) is 0 Å². The second kappa shape index (κ2) is 11.6. The van der Waals surface area contributed by atoms with Gasteiger partial charge in [0.2, 0.25) is 0 Å². The van der Waals surface area contributed by atoms with Crippen LogP contribution in [0.15, 0.2) is 84.0 Å². The standard InChI is InChI=1S/C31H24F3N3O4/c1-18-29(20-5-7-21(32)8-6-20)31(39)24(16-37(18)17-28(33)34)26(38)13-19-3-9-22(10-4-19)41-27-11-12-35-25-14-23(40-2)15-36-30(25)27/h3-12,14-16,28H,13,17H2,1-2H3. The zero-order chi connectivity index (χ0) is 29.1. The molecule has 2 aromatic carbocycles. The van der Waals surface area contributed by atoms with Crippen molar-refractivity contribution in [2.45, 2.75) is 26.3 Å². The van der Waals surface area contributed by atoms with Gasteiger partial charge in [-0.3, -0.25) is 14.6 Å². The van der Waals surface area contributed by atoms with Gasteiger partial charge in [0.05, 0.1) is 30.9 Å². The Morgan fingerprint density at radius 2 is 1.73 bits per heavy atom. The second-order valence-corrected chi connectivity index (χ2v) is 9.28. The molecule has 41 heavy (non-hydrogen) atoms. The van der Waals surface area contributed by atoms with Crippen LogP contribution in [0.4, 0.5) is 13.2 Å². The molecule has 0 saturated carbocycles. The van der Waals surface area contributed by atoms with Gasteiger partial charge in [-0.1, -0.05) is 24.3 Å². The highest BCUT2D eigenvalue weighted by atomic mass is 19.3. The van der Waals surface area contributed by atoms with E-state index in [0.717, 1.165) is 0 Å². The third-order valence-electron chi connectivity index (χ3n) is 6.58. The first-order valence-electron chi connectivity index (χ1n) is 12.6. The number of Topliss-reactive ketones (excluding diaryl/α,β-unsaturated/α-hetero) is 1. The number of carbonyl (C=O) groups is 1. The minimum Gasteiger partial charge on any atom is -0.495 e. The Bertz CT molecular complexity index is 1790. The fourth-order valence-electron chi connectivity index (χ4n) is 4.51. The van der Waals surface area contributed by atoms with E-state index < -0.39 is 30.0 Å². The Balaban J connectivity index is 1.41. The van der Waals surface area contributed by atoms with E-state index in [9.17, 15) is 22.8 Å². The van der Waals surface area contributed by atoms with Crippen LogP contribution in [0.3, 0.4) is 0 Å². The predicted octanol–water partition coefficient (Wildman–Crippen LogP) is 6.40. The highest BCUT2D eigenvalue weighted by Crippen LogP contribution is 2.29. The lowest BCUT2D eigenvalue weighted by atomic mass is 9.97. The first kappa shape index (κ1) is 27.6. The molecular weight excluding hydrogens is 535 g/mol. The monoisotopic (exact) mass is 559 g/mol. The number of carbonyl (C=O) groups excluding carboxylic acids is 1. The van der Waals surface area contributed by atoms with Crippen LogP contribution in [0, 0.1) is 12.7 Å². The largest absolute Gasteiger partial charge is 0.495 e. The number of ketones is 1. The van der Waals surface area contributed by atoms with Gasteiger partial charge in [-0.25, -0.2) is 18.2 Å². The SMILES string of the molecule is COc1cnc2c(Oc3ccc(CC(=O)c4cn(CC(F)F)c(C)c(-c5ccc(F)cc5)c4=O)cc3)ccnc2c1. The maximum absolute atomic E-state index is 13.5. The van der Waals surface area contributed by atoms with Crippen LogP contribution in [0.2, 0.25) is 0 Å². The molecule has 0 bridgehead atoms. The number of halogens is 3. The van der Waals surface area contributed by atoms with Crippen molar-refractivity contribution in [3.63, 3.8) is 0 Å². The Morgan fingerprint density at radius 1 is 1.00 bits per heavy atom. The fourth-order valence-corrected chi connectivity index (χ4v) is 4.51. The van der Waals surface area contributed by atoms with Crippen molar-refractivity contribution in [1.82, 2.24) is 14.5 Å². The van der Waals surface area contributed by atoms with Crippen LogP contribution >= 0.6 is 0 Å². The van der Waals surface area contributed by atoms with Crippen LogP contribution in [-0.2, 0) is 13.0 Å². The molecule has 0 aliphatic rings. The van der Waals surface area contributed by atoms with Crippen LogP contribution in [0.1, 0.15) is 21.6 Å². The molecule has 0 spiro atoms. The Kier molecular flexibility index (Phi) is 7.82. The smallest absolute Gasteiger partial charge is 0.256 e. The number of nitrogens with zero attached hydrogens (tertiary/aromatic N) is 3. The average Bonchev–Trinajstić information content (AvgIpc) is 2.96. The maximum Gasteiger partial charge on any atom is 0.256 e. The number of benzene rings is 2. The number of ether oxygens (including phenoxy) is 2. The molecule has 0 aliphatic heterocycles. The molecule has 0 atom stereocenters. The summed E-state index contributed by atoms with van der Waals surface area (Å²) in [5, 5.41) is 0. The lowest BCUT2D eigenvalue weighted by Gasteiger charge is -2.17. The average molecular weight is 560 g/mol. The number of hydrogen-bond donors (Lipinski definition) is 0. The summed E-state index contributed by atoms with van der Waals surface area (Å²) >= 11 is 0. The lowest BCUT2D eigenvalue weighted by Crippen LogP contribution is -2.24. The van der Waals surface area contributed by atoms with Crippen molar-refractivity contribution >= 4 is 16.8 Å². The van der Waals surface area contributed by atoms with E-state index in [2.05, 4.69) is 9.97 Å². The highest BCUT2D eigenvalue weighted by Gasteiger charge is 2.21. The summed E-state index contributed by atoms with van der Waals surface area (Å²) < 4.78 is 52.5. The molecule has 0 unspecified atom stereocenters. The second-order valence-electron chi connectivity index (χ2n) is 9.28. The number of aromatic nitrogens is 3. The van der Waals surface area contributed by atoms with Crippen molar-refractivity contribution in [1.29, 1.82) is 0 Å². The van der Waals surface area contributed by atoms with Gasteiger partial charge in [0.1, 0.15) is 22.8 Å². The third-order valence-corrected chi connectivity index (χ3v) is 6.58. The molecule has 7 nitrogen and oxygen atoms in total. The van der Waals surface area contributed by atoms with Crippen LogP contribution in [0.5, 0.6) is 17.2 Å². The van der Waals surface area contributed by atoms with Crippen molar-refractivity contribution in [3.05, 3.63) is 112 Å². The quantitative estimate of drug-likeness (QED) is 0.195. The van der Waals surface area contributed by atoms with Gasteiger partial charge >= 0.3 is 0 Å². The molecule has 208 valence electrons. The molecule has 0 N–H and O–H groups in total. The predicted molar refractivity (Wildman–Crippen MR) is 147 cm³/mol. The van der Waals surface area contributed by atoms with Gasteiger partial charge < -0.3 is 14.0 Å². The highest BCUT2D eigenvalue weighted by molar-refractivity contribution is 5.98. The maximum atomic E-state index is 13.5. The molecule has 3 aromatic heterocycles. The molecule has 0 aliphatic carbocycles. The van der Waals surface area contributed by atoms with Gasteiger partial charge in [-0.05, 0) is 42.3 Å². The molecule has 10 heteroatoms. The first-order chi connectivity index (χ1) is 19.7. The van der Waals surface area contributed by atoms with Crippen molar-refractivity contribution < 1.29 is 27.4 Å². The van der Waals surface area contributed by atoms with Crippen molar-refractivity contribution in [3.8, 4) is 28.4 Å². The first-order valence-corrected chi connectivity index (χ1v) is 12.6. The Hall–Kier alpha value is -4.99. The summed E-state index contributed by atoms with van der Waals surface area (Å²) in [6.45, 7) is 0.825. The van der Waals surface area contributed by atoms with E-state index in [-0.39, 0.29) is 23.2 Å². The number of hydrogen-bond acceptors (Lipinski definition) is 6. The summed E-state index contributed by atoms with van der Waals surface area (Å²) in [4.78, 5) is 35.3. The van der Waals surface area contributed by atoms with E-state index in [0.29, 0.717) is 39.4 Å². The van der Waals surface area contributed by atoms with Gasteiger partial charge in [-0.2, -0.15) is 0 Å². The Labute approximate surface area is 232 Å². The summed E-state index contributed by atoms with van der Waals surface area (Å²) in [6, 6.07) is 15.2. The van der Waals surface area contributed by atoms with Crippen LogP contribution < -0.4 is 14.9 Å². The number of rotatable bonds is 9. The van der Waals surface area contributed by atoms with E-state index in [1.165, 1.54) is 49.1 Å². The molecule has 5 rings (SSSR count). The number of methoxy groups -OCH3 is 1. The zero-order valence-electron chi connectivity index (χ0n) is 22.1. The minimum absolute atomic E-state index is 0.0797. The normalized spacial score (nSPS) is 11.2. The molecule has 0 fully saturated rings. The molecular formula is C31H24F3N3O4. The van der Waals surface area contributed by atoms with E-state index >= 15 is 0 Å². The minimum atomic E-state index is -2.71. The van der Waals surface area contributed by atoms with Gasteiger partial charge in [0, 0.05) is 42.2 Å². The number of pyridine rings is 3. The number of fused-ring (bicyclic) bond motifs is 1. The molecule has 3 heterocycles. The van der Waals surface area contributed by atoms with E-state index in [1.54, 1.807) is 48.8 Å². The number of alkyl halides is 2. The summed E-state index contributed by atoms with van der Waals surface area (Å²) in [6.07, 6.45) is 1.48. The molecule has 5 aromatic rings.